The van der Waals surface area contributed by atoms with Crippen LogP contribution in [0.15, 0.2) is 17.0 Å². The number of benzene rings is 1. The maximum atomic E-state index is 12.5. The molecule has 0 heterocycles. The Morgan fingerprint density at radius 3 is 2.18 bits per heavy atom. The van der Waals surface area contributed by atoms with Crippen molar-refractivity contribution >= 4 is 27.9 Å². The Hall–Kier alpha value is -2.46. The minimum Gasteiger partial charge on any atom is -0.456 e. The Morgan fingerprint density at radius 2 is 1.64 bits per heavy atom. The average molecular weight is 413 g/mol. The number of esters is 1. The van der Waals surface area contributed by atoms with Gasteiger partial charge >= 0.3 is 12.0 Å². The first-order chi connectivity index (χ1) is 12.9. The van der Waals surface area contributed by atoms with Crippen LogP contribution in [0.5, 0.6) is 0 Å². The van der Waals surface area contributed by atoms with Gasteiger partial charge in [-0.2, -0.15) is 0 Å². The van der Waals surface area contributed by atoms with Gasteiger partial charge in [0.1, 0.15) is 0 Å². The van der Waals surface area contributed by atoms with E-state index in [2.05, 4.69) is 10.0 Å². The Labute approximate surface area is 165 Å². The molecule has 156 valence electrons. The second-order valence-corrected chi connectivity index (χ2v) is 8.42. The fourth-order valence-electron chi connectivity index (χ4n) is 2.63. The molecule has 0 fully saturated rings. The minimum absolute atomic E-state index is 0.149. The summed E-state index contributed by atoms with van der Waals surface area (Å²) in [5.74, 6) is -1.54. The molecule has 0 unspecified atom stereocenters. The summed E-state index contributed by atoms with van der Waals surface area (Å²) in [6.45, 7) is 7.93. The molecule has 0 atom stereocenters. The number of aryl methyl sites for hydroxylation is 3. The van der Waals surface area contributed by atoms with Crippen LogP contribution in [0.2, 0.25) is 0 Å². The van der Waals surface area contributed by atoms with E-state index in [4.69, 9.17) is 4.74 Å². The van der Waals surface area contributed by atoms with Gasteiger partial charge in [-0.3, -0.25) is 14.9 Å². The molecule has 0 aromatic heterocycles. The average Bonchev–Trinajstić information content (AvgIpc) is 2.50. The Kier molecular flexibility index (Phi) is 8.58. The summed E-state index contributed by atoms with van der Waals surface area (Å²) in [5.41, 5.74) is 2.19. The molecule has 0 saturated carbocycles. The lowest BCUT2D eigenvalue weighted by molar-refractivity contribution is -0.148. The molecule has 1 aromatic rings. The third kappa shape index (κ3) is 7.65. The fourth-order valence-corrected chi connectivity index (χ4v) is 4.11. The number of nitrogens with one attached hydrogen (secondary N) is 3. The Balaban J connectivity index is 2.48. The number of imide groups is 1. The van der Waals surface area contributed by atoms with E-state index < -0.39 is 34.5 Å². The molecular formula is C18H27N3O6S. The van der Waals surface area contributed by atoms with Crippen molar-refractivity contribution in [2.45, 2.75) is 52.0 Å². The second kappa shape index (κ2) is 10.2. The molecule has 0 spiro atoms. The number of urea groups is 1. The highest BCUT2D eigenvalue weighted by Gasteiger charge is 2.20. The number of hydrogen-bond acceptors (Lipinski definition) is 6. The van der Waals surface area contributed by atoms with Gasteiger partial charge < -0.3 is 10.1 Å². The predicted molar refractivity (Wildman–Crippen MR) is 103 cm³/mol. The lowest BCUT2D eigenvalue weighted by Crippen LogP contribution is -2.44. The van der Waals surface area contributed by atoms with E-state index >= 15 is 0 Å². The molecule has 28 heavy (non-hydrogen) atoms. The van der Waals surface area contributed by atoms with Gasteiger partial charge in [0.15, 0.2) is 6.61 Å². The molecule has 1 rings (SSSR count). The zero-order valence-corrected chi connectivity index (χ0v) is 17.5. The van der Waals surface area contributed by atoms with Crippen LogP contribution in [-0.4, -0.2) is 45.5 Å². The first-order valence-electron chi connectivity index (χ1n) is 8.76. The summed E-state index contributed by atoms with van der Waals surface area (Å²) >= 11 is 0. The summed E-state index contributed by atoms with van der Waals surface area (Å²) in [6, 6.07) is 2.70. The van der Waals surface area contributed by atoms with Gasteiger partial charge in [-0.15, -0.1) is 0 Å². The second-order valence-electron chi connectivity index (χ2n) is 6.71. The lowest BCUT2D eigenvalue weighted by Gasteiger charge is -2.13. The molecule has 0 saturated heterocycles. The maximum absolute atomic E-state index is 12.5. The van der Waals surface area contributed by atoms with Crippen molar-refractivity contribution in [1.29, 1.82) is 0 Å². The molecule has 3 amide bonds. The van der Waals surface area contributed by atoms with Crippen molar-refractivity contribution in [2.75, 3.05) is 13.2 Å². The SMILES string of the molecule is Cc1cc(C)c(S(=O)(=O)NCCC(=O)OCC(=O)NC(=O)NC(C)C)c(C)c1. The van der Waals surface area contributed by atoms with E-state index in [1.54, 1.807) is 39.8 Å². The first-order valence-corrected chi connectivity index (χ1v) is 10.2. The van der Waals surface area contributed by atoms with Gasteiger partial charge in [-0.25, -0.2) is 17.9 Å². The number of sulfonamides is 1. The largest absolute Gasteiger partial charge is 0.456 e. The van der Waals surface area contributed by atoms with Crippen LogP contribution >= 0.6 is 0 Å². The number of carbonyl (C=O) groups is 3. The normalized spacial score (nSPS) is 11.2. The zero-order valence-electron chi connectivity index (χ0n) is 16.7. The van der Waals surface area contributed by atoms with Crippen LogP contribution in [0.25, 0.3) is 0 Å². The highest BCUT2D eigenvalue weighted by Crippen LogP contribution is 2.21. The molecule has 3 N–H and O–H groups in total. The molecule has 10 heteroatoms. The molecule has 0 aliphatic carbocycles. The van der Waals surface area contributed by atoms with E-state index in [1.807, 2.05) is 12.2 Å². The van der Waals surface area contributed by atoms with Crippen LogP contribution in [0, 0.1) is 20.8 Å². The van der Waals surface area contributed by atoms with E-state index in [1.165, 1.54) is 0 Å². The lowest BCUT2D eigenvalue weighted by atomic mass is 10.1. The Morgan fingerprint density at radius 1 is 1.07 bits per heavy atom. The topological polar surface area (TPSA) is 131 Å². The van der Waals surface area contributed by atoms with Gasteiger partial charge in [0.2, 0.25) is 10.0 Å². The predicted octanol–water partition coefficient (Wildman–Crippen LogP) is 1.06. The molecule has 0 bridgehead atoms. The van der Waals surface area contributed by atoms with Crippen LogP contribution in [0.3, 0.4) is 0 Å². The summed E-state index contributed by atoms with van der Waals surface area (Å²) in [6.07, 6.45) is -0.255. The summed E-state index contributed by atoms with van der Waals surface area (Å²) < 4.78 is 32.0. The highest BCUT2D eigenvalue weighted by molar-refractivity contribution is 7.89. The Bertz CT molecular complexity index is 826. The number of hydrogen-bond donors (Lipinski definition) is 3. The minimum atomic E-state index is -3.78. The molecule has 9 nitrogen and oxygen atoms in total. The molecule has 0 radical (unpaired) electrons. The van der Waals surface area contributed by atoms with Crippen molar-refractivity contribution in [1.82, 2.24) is 15.4 Å². The van der Waals surface area contributed by atoms with Crippen molar-refractivity contribution < 1.29 is 27.5 Å². The van der Waals surface area contributed by atoms with Gasteiger partial charge in [0.25, 0.3) is 5.91 Å². The monoisotopic (exact) mass is 413 g/mol. The van der Waals surface area contributed by atoms with Gasteiger partial charge in [-0.05, 0) is 45.7 Å². The number of rotatable bonds is 8. The van der Waals surface area contributed by atoms with Crippen LogP contribution in [0.1, 0.15) is 37.0 Å². The van der Waals surface area contributed by atoms with E-state index in [0.29, 0.717) is 11.1 Å². The molecule has 1 aromatic carbocycles. The van der Waals surface area contributed by atoms with E-state index in [-0.39, 0.29) is 23.9 Å². The van der Waals surface area contributed by atoms with Crippen LogP contribution in [-0.2, 0) is 24.3 Å². The fraction of sp³-hybridized carbons (Fsp3) is 0.500. The van der Waals surface area contributed by atoms with Crippen molar-refractivity contribution in [3.8, 4) is 0 Å². The molecular weight excluding hydrogens is 386 g/mol. The van der Waals surface area contributed by atoms with Crippen LogP contribution < -0.4 is 15.4 Å². The van der Waals surface area contributed by atoms with Crippen molar-refractivity contribution in [3.63, 3.8) is 0 Å². The standard InChI is InChI=1S/C18H27N3O6S/c1-11(2)20-18(24)21-15(22)10-27-16(23)6-7-19-28(25,26)17-13(4)8-12(3)9-14(17)5/h8-9,11,19H,6-7,10H2,1-5H3,(H2,20,21,22,24). The van der Waals surface area contributed by atoms with Crippen LogP contribution in [0.4, 0.5) is 4.79 Å². The summed E-state index contributed by atoms with van der Waals surface area (Å²) in [4.78, 5) is 34.7. The highest BCUT2D eigenvalue weighted by atomic mass is 32.2. The third-order valence-electron chi connectivity index (χ3n) is 3.53. The van der Waals surface area contributed by atoms with Gasteiger partial charge in [0.05, 0.1) is 11.3 Å². The number of ether oxygens (including phenoxy) is 1. The van der Waals surface area contributed by atoms with Gasteiger partial charge in [0, 0.05) is 12.6 Å². The van der Waals surface area contributed by atoms with Crippen molar-refractivity contribution in [2.24, 2.45) is 0 Å². The smallest absolute Gasteiger partial charge is 0.321 e. The maximum Gasteiger partial charge on any atom is 0.321 e. The number of amides is 3. The third-order valence-corrected chi connectivity index (χ3v) is 5.30. The van der Waals surface area contributed by atoms with E-state index in [9.17, 15) is 22.8 Å². The number of carbonyl (C=O) groups excluding carboxylic acids is 3. The molecule has 0 aliphatic rings. The zero-order chi connectivity index (χ0) is 21.5. The van der Waals surface area contributed by atoms with Crippen molar-refractivity contribution in [3.05, 3.63) is 28.8 Å². The van der Waals surface area contributed by atoms with Gasteiger partial charge in [-0.1, -0.05) is 17.7 Å². The van der Waals surface area contributed by atoms with E-state index in [0.717, 1.165) is 5.56 Å². The summed E-state index contributed by atoms with van der Waals surface area (Å²) in [7, 11) is -3.78. The summed E-state index contributed by atoms with van der Waals surface area (Å²) in [5, 5.41) is 4.46. The quantitative estimate of drug-likeness (QED) is 0.546. The molecule has 0 aliphatic heterocycles. The first kappa shape index (κ1) is 23.6.